The van der Waals surface area contributed by atoms with Gasteiger partial charge in [-0.25, -0.2) is 22.3 Å². The van der Waals surface area contributed by atoms with Crippen LogP contribution in [0.4, 0.5) is 18.0 Å². The van der Waals surface area contributed by atoms with Gasteiger partial charge in [-0.15, -0.1) is 0 Å². The van der Waals surface area contributed by atoms with Crippen molar-refractivity contribution in [2.75, 3.05) is 13.2 Å². The molecule has 0 radical (unpaired) electrons. The van der Waals surface area contributed by atoms with Gasteiger partial charge in [0.15, 0.2) is 0 Å². The van der Waals surface area contributed by atoms with Crippen LogP contribution in [0, 0.1) is 5.92 Å². The highest BCUT2D eigenvalue weighted by Gasteiger charge is 2.55. The van der Waals surface area contributed by atoms with E-state index in [-0.39, 0.29) is 31.8 Å². The first-order valence-electron chi connectivity index (χ1n) is 10.5. The normalized spacial score (nSPS) is 35.6. The van der Waals surface area contributed by atoms with Crippen molar-refractivity contribution in [3.05, 3.63) is 0 Å². The molecule has 13 heteroatoms. The summed E-state index contributed by atoms with van der Waals surface area (Å²) in [5.74, 6) is -1.74. The van der Waals surface area contributed by atoms with Gasteiger partial charge in [0.2, 0.25) is 15.9 Å². The average molecular weight is 468 g/mol. The van der Waals surface area contributed by atoms with Gasteiger partial charge in [0, 0.05) is 6.04 Å². The molecule has 2 heterocycles. The number of carbonyl (C=O) groups is 2. The third kappa shape index (κ3) is 4.29. The molecule has 2 saturated heterocycles. The fraction of sp³-hybridized carbons (Fsp3) is 0.889. The molecule has 2 saturated carbocycles. The molecule has 5 atom stereocenters. The van der Waals surface area contributed by atoms with Crippen LogP contribution in [0.1, 0.15) is 45.4 Å². The number of hydroxylamine groups is 1. The Balaban J connectivity index is 1.53. The highest BCUT2D eigenvalue weighted by molar-refractivity contribution is 7.90. The van der Waals surface area contributed by atoms with Crippen LogP contribution in [0.5, 0.6) is 0 Å². The Labute approximate surface area is 178 Å². The molecular formula is C18H27F3N4O5S. The van der Waals surface area contributed by atoms with Crippen LogP contribution in [0.25, 0.3) is 0 Å². The molecule has 4 fully saturated rings. The van der Waals surface area contributed by atoms with Gasteiger partial charge in [-0.2, -0.15) is 14.3 Å². The van der Waals surface area contributed by atoms with Crippen LogP contribution in [0.2, 0.25) is 0 Å². The van der Waals surface area contributed by atoms with Crippen LogP contribution in [0.15, 0.2) is 0 Å². The third-order valence-electron chi connectivity index (χ3n) is 6.71. The van der Waals surface area contributed by atoms with Gasteiger partial charge in [0.05, 0.1) is 35.4 Å². The van der Waals surface area contributed by atoms with Crippen molar-refractivity contribution in [2.45, 2.75) is 81.0 Å². The van der Waals surface area contributed by atoms with Gasteiger partial charge in [-0.1, -0.05) is 0 Å². The van der Waals surface area contributed by atoms with E-state index in [0.717, 1.165) is 4.90 Å². The minimum Gasteiger partial charge on any atom is -0.296 e. The highest BCUT2D eigenvalue weighted by atomic mass is 32.2. The zero-order valence-electron chi connectivity index (χ0n) is 17.1. The standard InChI is InChI=1S/C18H27F3N4O5S/c1-10-6-11(30-22-10)8-24-15(26)13-7-12(31(28,29)23-18(9-19)4-5-18)2-3-14(13)25(16(20)21)17(24)27/h10-14,16,22-23H,2-9H2,1H3. The number of rotatable bonds is 7. The number of imide groups is 1. The molecule has 0 aromatic rings. The zero-order chi connectivity index (χ0) is 22.6. The number of urea groups is 1. The van der Waals surface area contributed by atoms with Crippen molar-refractivity contribution >= 4 is 22.0 Å². The van der Waals surface area contributed by atoms with Crippen LogP contribution in [-0.4, -0.2) is 78.9 Å². The quantitative estimate of drug-likeness (QED) is 0.542. The summed E-state index contributed by atoms with van der Waals surface area (Å²) in [6, 6.07) is -2.17. The van der Waals surface area contributed by atoms with E-state index < -0.39 is 64.0 Å². The molecule has 0 aromatic carbocycles. The summed E-state index contributed by atoms with van der Waals surface area (Å²) in [6.45, 7) is -2.29. The molecule has 4 rings (SSSR count). The van der Waals surface area contributed by atoms with Crippen molar-refractivity contribution < 1.29 is 36.0 Å². The van der Waals surface area contributed by atoms with E-state index in [2.05, 4.69) is 10.2 Å². The first-order valence-corrected chi connectivity index (χ1v) is 12.0. The van der Waals surface area contributed by atoms with Crippen molar-refractivity contribution in [1.82, 2.24) is 20.0 Å². The maximum atomic E-state index is 13.8. The van der Waals surface area contributed by atoms with E-state index >= 15 is 0 Å². The molecular weight excluding hydrogens is 441 g/mol. The van der Waals surface area contributed by atoms with Gasteiger partial charge in [-0.3, -0.25) is 19.4 Å². The van der Waals surface area contributed by atoms with E-state index in [1.807, 2.05) is 6.92 Å². The van der Waals surface area contributed by atoms with E-state index in [0.29, 0.717) is 24.2 Å². The van der Waals surface area contributed by atoms with Gasteiger partial charge < -0.3 is 0 Å². The molecule has 2 aliphatic carbocycles. The number of halogens is 3. The fourth-order valence-electron chi connectivity index (χ4n) is 4.79. The van der Waals surface area contributed by atoms with E-state index in [1.165, 1.54) is 0 Å². The lowest BCUT2D eigenvalue weighted by atomic mass is 9.81. The number of sulfonamides is 1. The Hall–Kier alpha value is -1.44. The molecule has 9 nitrogen and oxygen atoms in total. The Morgan fingerprint density at radius 1 is 1.26 bits per heavy atom. The summed E-state index contributed by atoms with van der Waals surface area (Å²) >= 11 is 0. The second kappa shape index (κ2) is 8.16. The summed E-state index contributed by atoms with van der Waals surface area (Å²) in [6.07, 6.45) is 0.511. The average Bonchev–Trinajstić information content (AvgIpc) is 3.35. The molecule has 3 amide bonds. The number of alkyl halides is 3. The summed E-state index contributed by atoms with van der Waals surface area (Å²) in [5.41, 5.74) is 1.63. The number of carbonyl (C=O) groups excluding carboxylic acids is 2. The maximum absolute atomic E-state index is 13.8. The van der Waals surface area contributed by atoms with E-state index in [9.17, 15) is 31.2 Å². The Morgan fingerprint density at radius 2 is 1.97 bits per heavy atom. The molecule has 4 aliphatic rings. The van der Waals surface area contributed by atoms with Crippen molar-refractivity contribution in [1.29, 1.82) is 0 Å². The van der Waals surface area contributed by atoms with Crippen molar-refractivity contribution in [3.63, 3.8) is 0 Å². The summed E-state index contributed by atoms with van der Waals surface area (Å²) < 4.78 is 68.7. The van der Waals surface area contributed by atoms with Crippen molar-refractivity contribution in [2.24, 2.45) is 5.92 Å². The lowest BCUT2D eigenvalue weighted by Gasteiger charge is -2.47. The van der Waals surface area contributed by atoms with Gasteiger partial charge in [0.1, 0.15) is 6.67 Å². The number of hydrogen-bond donors (Lipinski definition) is 2. The van der Waals surface area contributed by atoms with E-state index in [1.54, 1.807) is 0 Å². The third-order valence-corrected chi connectivity index (χ3v) is 8.74. The Kier molecular flexibility index (Phi) is 5.99. The van der Waals surface area contributed by atoms with Crippen LogP contribution in [-0.2, 0) is 19.7 Å². The lowest BCUT2D eigenvalue weighted by Crippen LogP contribution is -2.66. The number of nitrogens with one attached hydrogen (secondary N) is 2. The summed E-state index contributed by atoms with van der Waals surface area (Å²) in [5, 5.41) is -1.01. The van der Waals surface area contributed by atoms with Crippen LogP contribution in [0.3, 0.4) is 0 Å². The molecule has 31 heavy (non-hydrogen) atoms. The monoisotopic (exact) mass is 468 g/mol. The molecule has 0 spiro atoms. The van der Waals surface area contributed by atoms with Gasteiger partial charge in [-0.05, 0) is 45.4 Å². The second-order valence-corrected chi connectivity index (χ2v) is 11.0. The number of amides is 3. The van der Waals surface area contributed by atoms with Crippen LogP contribution >= 0.6 is 0 Å². The molecule has 176 valence electrons. The topological polar surface area (TPSA) is 108 Å². The number of hydrogen-bond acceptors (Lipinski definition) is 6. The van der Waals surface area contributed by atoms with E-state index in [4.69, 9.17) is 4.84 Å². The van der Waals surface area contributed by atoms with Gasteiger partial charge in [0.25, 0.3) is 0 Å². The molecule has 2 aliphatic heterocycles. The lowest BCUT2D eigenvalue weighted by molar-refractivity contribution is -0.149. The molecule has 0 aromatic heterocycles. The molecule has 2 N–H and O–H groups in total. The summed E-state index contributed by atoms with van der Waals surface area (Å²) in [7, 11) is -3.95. The minimum absolute atomic E-state index is 0.00974. The predicted molar refractivity (Wildman–Crippen MR) is 102 cm³/mol. The first-order chi connectivity index (χ1) is 14.6. The number of nitrogens with zero attached hydrogens (tertiary/aromatic N) is 2. The molecule has 0 bridgehead atoms. The van der Waals surface area contributed by atoms with Crippen molar-refractivity contribution in [3.8, 4) is 0 Å². The highest BCUT2D eigenvalue weighted by Crippen LogP contribution is 2.41. The number of fused-ring (bicyclic) bond motifs is 1. The zero-order valence-corrected chi connectivity index (χ0v) is 17.9. The smallest absolute Gasteiger partial charge is 0.296 e. The summed E-state index contributed by atoms with van der Waals surface area (Å²) in [4.78, 5) is 32.3. The Bertz CT molecular complexity index is 840. The fourth-order valence-corrected chi connectivity index (χ4v) is 6.72. The van der Waals surface area contributed by atoms with Crippen LogP contribution < -0.4 is 10.2 Å². The largest absolute Gasteiger partial charge is 0.331 e. The minimum atomic E-state index is -3.95. The van der Waals surface area contributed by atoms with Gasteiger partial charge >= 0.3 is 12.6 Å². The second-order valence-electron chi connectivity index (χ2n) is 9.08. The Morgan fingerprint density at radius 3 is 2.52 bits per heavy atom. The predicted octanol–water partition coefficient (Wildman–Crippen LogP) is 1.11. The first kappa shape index (κ1) is 22.7. The maximum Gasteiger partial charge on any atom is 0.331 e. The molecule has 5 unspecified atom stereocenters. The SMILES string of the molecule is CC1CC(CN2C(=O)C3CC(S(=O)(=O)NC4(CF)CC4)CCC3N(C(F)F)C2=O)ON1.